The SMILES string of the molecule is Cc1ccc(-c2noc(C3CCN(C(=O)C=Cc4cccs4)CC3)n2)cc1. The van der Waals surface area contributed by atoms with E-state index in [1.807, 2.05) is 52.8 Å². The van der Waals surface area contributed by atoms with Crippen LogP contribution in [0.4, 0.5) is 0 Å². The predicted molar refractivity (Wildman–Crippen MR) is 106 cm³/mol. The lowest BCUT2D eigenvalue weighted by molar-refractivity contribution is -0.127. The minimum Gasteiger partial charge on any atom is -0.339 e. The van der Waals surface area contributed by atoms with Crippen LogP contribution in [0.1, 0.15) is 35.1 Å². The van der Waals surface area contributed by atoms with E-state index >= 15 is 0 Å². The normalized spacial score (nSPS) is 15.5. The standard InChI is InChI=1S/C21H21N3O2S/c1-15-4-6-16(7-5-15)20-22-21(26-23-20)17-10-12-24(13-11-17)19(25)9-8-18-3-2-14-27-18/h2-9,14,17H,10-13H2,1H3. The molecule has 0 N–H and O–H groups in total. The average Bonchev–Trinajstić information content (AvgIpc) is 3.39. The van der Waals surface area contributed by atoms with E-state index < -0.39 is 0 Å². The summed E-state index contributed by atoms with van der Waals surface area (Å²) in [4.78, 5) is 19.9. The molecule has 2 aromatic heterocycles. The number of carbonyl (C=O) groups excluding carboxylic acids is 1. The highest BCUT2D eigenvalue weighted by atomic mass is 32.1. The number of aryl methyl sites for hydroxylation is 1. The van der Waals surface area contributed by atoms with Crippen LogP contribution in [0, 0.1) is 6.92 Å². The number of benzene rings is 1. The second-order valence-corrected chi connectivity index (χ2v) is 7.75. The van der Waals surface area contributed by atoms with Gasteiger partial charge in [0.1, 0.15) is 0 Å². The van der Waals surface area contributed by atoms with Gasteiger partial charge in [-0.1, -0.05) is 41.1 Å². The van der Waals surface area contributed by atoms with Gasteiger partial charge in [0, 0.05) is 35.5 Å². The minimum atomic E-state index is 0.0627. The Bertz CT molecular complexity index is 921. The molecule has 0 saturated carbocycles. The van der Waals surface area contributed by atoms with E-state index in [1.165, 1.54) is 5.56 Å². The zero-order valence-electron chi connectivity index (χ0n) is 15.2. The van der Waals surface area contributed by atoms with Crippen molar-refractivity contribution in [2.45, 2.75) is 25.7 Å². The Morgan fingerprint density at radius 2 is 2.00 bits per heavy atom. The maximum atomic E-state index is 12.3. The Morgan fingerprint density at radius 3 is 2.70 bits per heavy atom. The number of amides is 1. The lowest BCUT2D eigenvalue weighted by Gasteiger charge is -2.29. The third-order valence-corrected chi connectivity index (χ3v) is 5.68. The molecule has 0 radical (unpaired) electrons. The molecule has 0 bridgehead atoms. The Labute approximate surface area is 162 Å². The zero-order chi connectivity index (χ0) is 18.6. The van der Waals surface area contributed by atoms with E-state index in [0.29, 0.717) is 24.8 Å². The second-order valence-electron chi connectivity index (χ2n) is 6.77. The van der Waals surface area contributed by atoms with Crippen LogP contribution >= 0.6 is 11.3 Å². The van der Waals surface area contributed by atoms with E-state index in [1.54, 1.807) is 17.4 Å². The summed E-state index contributed by atoms with van der Waals surface area (Å²) < 4.78 is 5.50. The summed E-state index contributed by atoms with van der Waals surface area (Å²) in [7, 11) is 0. The number of hydrogen-bond donors (Lipinski definition) is 0. The number of carbonyl (C=O) groups is 1. The Hall–Kier alpha value is -2.73. The monoisotopic (exact) mass is 379 g/mol. The molecular weight excluding hydrogens is 358 g/mol. The molecule has 27 heavy (non-hydrogen) atoms. The fraction of sp³-hybridized carbons (Fsp3) is 0.286. The van der Waals surface area contributed by atoms with Crippen LogP contribution < -0.4 is 0 Å². The smallest absolute Gasteiger partial charge is 0.246 e. The van der Waals surface area contributed by atoms with Crippen molar-refractivity contribution in [1.82, 2.24) is 15.0 Å². The molecule has 1 aromatic carbocycles. The van der Waals surface area contributed by atoms with Crippen LogP contribution in [-0.2, 0) is 4.79 Å². The number of likely N-dealkylation sites (tertiary alicyclic amines) is 1. The minimum absolute atomic E-state index is 0.0627. The van der Waals surface area contributed by atoms with Crippen molar-refractivity contribution in [3.63, 3.8) is 0 Å². The molecule has 0 spiro atoms. The predicted octanol–water partition coefficient (Wildman–Crippen LogP) is 4.53. The first-order valence-corrected chi connectivity index (χ1v) is 9.98. The van der Waals surface area contributed by atoms with Crippen LogP contribution in [-0.4, -0.2) is 34.0 Å². The zero-order valence-corrected chi connectivity index (χ0v) is 16.0. The van der Waals surface area contributed by atoms with E-state index in [9.17, 15) is 4.79 Å². The van der Waals surface area contributed by atoms with Crippen molar-refractivity contribution >= 4 is 23.3 Å². The van der Waals surface area contributed by atoms with Crippen molar-refractivity contribution in [3.8, 4) is 11.4 Å². The molecule has 1 amide bonds. The highest BCUT2D eigenvalue weighted by Crippen LogP contribution is 2.28. The van der Waals surface area contributed by atoms with Gasteiger partial charge in [0.2, 0.25) is 17.6 Å². The highest BCUT2D eigenvalue weighted by Gasteiger charge is 2.27. The van der Waals surface area contributed by atoms with Crippen molar-refractivity contribution in [3.05, 3.63) is 64.2 Å². The molecule has 0 aliphatic carbocycles. The largest absolute Gasteiger partial charge is 0.339 e. The number of rotatable bonds is 4. The molecule has 1 fully saturated rings. The van der Waals surface area contributed by atoms with Gasteiger partial charge in [-0.05, 0) is 37.3 Å². The first kappa shape index (κ1) is 17.7. The average molecular weight is 379 g/mol. The number of hydrogen-bond acceptors (Lipinski definition) is 5. The van der Waals surface area contributed by atoms with Gasteiger partial charge in [-0.2, -0.15) is 4.98 Å². The molecule has 3 aromatic rings. The second kappa shape index (κ2) is 7.88. The molecular formula is C21H21N3O2S. The molecule has 0 unspecified atom stereocenters. The lowest BCUT2D eigenvalue weighted by Crippen LogP contribution is -2.36. The van der Waals surface area contributed by atoms with E-state index in [2.05, 4.69) is 17.1 Å². The van der Waals surface area contributed by atoms with Crippen molar-refractivity contribution in [1.29, 1.82) is 0 Å². The van der Waals surface area contributed by atoms with E-state index in [-0.39, 0.29) is 11.8 Å². The fourth-order valence-corrected chi connectivity index (χ4v) is 3.83. The van der Waals surface area contributed by atoms with Crippen molar-refractivity contribution in [2.24, 2.45) is 0 Å². The van der Waals surface area contributed by atoms with Gasteiger partial charge in [-0.3, -0.25) is 4.79 Å². The van der Waals surface area contributed by atoms with Crippen LogP contribution in [0.2, 0.25) is 0 Å². The van der Waals surface area contributed by atoms with Crippen LogP contribution in [0.15, 0.2) is 52.4 Å². The third kappa shape index (κ3) is 4.17. The summed E-state index contributed by atoms with van der Waals surface area (Å²) in [5, 5.41) is 6.13. The van der Waals surface area contributed by atoms with Gasteiger partial charge in [0.15, 0.2) is 0 Å². The maximum absolute atomic E-state index is 12.3. The van der Waals surface area contributed by atoms with Gasteiger partial charge in [0.05, 0.1) is 0 Å². The Balaban J connectivity index is 1.35. The summed E-state index contributed by atoms with van der Waals surface area (Å²) >= 11 is 1.63. The number of piperidine rings is 1. The van der Waals surface area contributed by atoms with Crippen molar-refractivity contribution in [2.75, 3.05) is 13.1 Å². The highest BCUT2D eigenvalue weighted by molar-refractivity contribution is 7.10. The summed E-state index contributed by atoms with van der Waals surface area (Å²) in [5.74, 6) is 1.57. The van der Waals surface area contributed by atoms with Gasteiger partial charge >= 0.3 is 0 Å². The van der Waals surface area contributed by atoms with E-state index in [0.717, 1.165) is 23.3 Å². The first-order chi connectivity index (χ1) is 13.2. The number of aromatic nitrogens is 2. The summed E-state index contributed by atoms with van der Waals surface area (Å²) in [6.07, 6.45) is 5.22. The summed E-state index contributed by atoms with van der Waals surface area (Å²) in [6, 6.07) is 12.1. The number of nitrogens with zero attached hydrogens (tertiary/aromatic N) is 3. The molecule has 4 rings (SSSR count). The first-order valence-electron chi connectivity index (χ1n) is 9.10. The van der Waals surface area contributed by atoms with Crippen LogP contribution in [0.3, 0.4) is 0 Å². The van der Waals surface area contributed by atoms with Gasteiger partial charge in [-0.15, -0.1) is 11.3 Å². The molecule has 1 aliphatic rings. The molecule has 6 heteroatoms. The topological polar surface area (TPSA) is 59.2 Å². The maximum Gasteiger partial charge on any atom is 0.246 e. The lowest BCUT2D eigenvalue weighted by atomic mass is 9.96. The third-order valence-electron chi connectivity index (χ3n) is 4.84. The fourth-order valence-electron chi connectivity index (χ4n) is 3.21. The Morgan fingerprint density at radius 1 is 1.22 bits per heavy atom. The molecule has 1 saturated heterocycles. The van der Waals surface area contributed by atoms with Gasteiger partial charge in [-0.25, -0.2) is 0 Å². The quantitative estimate of drug-likeness (QED) is 0.625. The Kier molecular flexibility index (Phi) is 5.16. The van der Waals surface area contributed by atoms with Crippen LogP contribution in [0.25, 0.3) is 17.5 Å². The molecule has 138 valence electrons. The molecule has 5 nitrogen and oxygen atoms in total. The number of thiophene rings is 1. The molecule has 3 heterocycles. The van der Waals surface area contributed by atoms with E-state index in [4.69, 9.17) is 4.52 Å². The summed E-state index contributed by atoms with van der Waals surface area (Å²) in [5.41, 5.74) is 2.16. The summed E-state index contributed by atoms with van der Waals surface area (Å²) in [6.45, 7) is 3.47. The van der Waals surface area contributed by atoms with Gasteiger partial charge < -0.3 is 9.42 Å². The molecule has 0 atom stereocenters. The van der Waals surface area contributed by atoms with Crippen molar-refractivity contribution < 1.29 is 9.32 Å². The van der Waals surface area contributed by atoms with Crippen LogP contribution in [0.5, 0.6) is 0 Å². The molecule has 1 aliphatic heterocycles. The van der Waals surface area contributed by atoms with Gasteiger partial charge in [0.25, 0.3) is 0 Å².